The van der Waals surface area contributed by atoms with Gasteiger partial charge in [0, 0.05) is 6.07 Å². The second kappa shape index (κ2) is 8.97. The summed E-state index contributed by atoms with van der Waals surface area (Å²) in [5, 5.41) is 2.82. The number of aryl methyl sites for hydroxylation is 2. The molecule has 1 unspecified atom stereocenters. The van der Waals surface area contributed by atoms with Crippen molar-refractivity contribution >= 4 is 5.91 Å². The van der Waals surface area contributed by atoms with Gasteiger partial charge in [-0.25, -0.2) is 0 Å². The van der Waals surface area contributed by atoms with E-state index in [9.17, 15) is 4.79 Å². The number of hydrogen-bond donors (Lipinski definition) is 1. The Morgan fingerprint density at radius 1 is 1.12 bits per heavy atom. The standard InChI is InChI=1S/C20H25NO4/c1-14-8-9-15(2)19(12-14)25-16(3)20(22)21-10-11-24-18-7-5-6-17(13-18)23-4/h5-9,12-13,16H,10-11H2,1-4H3,(H,21,22). The number of methoxy groups -OCH3 is 1. The Kier molecular flexibility index (Phi) is 6.69. The van der Waals surface area contributed by atoms with Gasteiger partial charge in [0.2, 0.25) is 0 Å². The summed E-state index contributed by atoms with van der Waals surface area (Å²) in [6, 6.07) is 13.3. The van der Waals surface area contributed by atoms with Gasteiger partial charge >= 0.3 is 0 Å². The molecular weight excluding hydrogens is 318 g/mol. The molecule has 0 fully saturated rings. The van der Waals surface area contributed by atoms with Crippen LogP contribution in [0.1, 0.15) is 18.1 Å². The van der Waals surface area contributed by atoms with Crippen molar-refractivity contribution < 1.29 is 19.0 Å². The molecule has 0 aromatic heterocycles. The molecule has 0 spiro atoms. The summed E-state index contributed by atoms with van der Waals surface area (Å²) >= 11 is 0. The number of benzene rings is 2. The van der Waals surface area contributed by atoms with Gasteiger partial charge in [0.25, 0.3) is 5.91 Å². The second-order valence-corrected chi connectivity index (χ2v) is 5.85. The van der Waals surface area contributed by atoms with Crippen LogP contribution in [0.4, 0.5) is 0 Å². The Morgan fingerprint density at radius 3 is 2.64 bits per heavy atom. The van der Waals surface area contributed by atoms with Crippen molar-refractivity contribution in [1.29, 1.82) is 0 Å². The van der Waals surface area contributed by atoms with Crippen LogP contribution >= 0.6 is 0 Å². The maximum absolute atomic E-state index is 12.1. The number of hydrogen-bond acceptors (Lipinski definition) is 4. The maximum atomic E-state index is 12.1. The van der Waals surface area contributed by atoms with Crippen LogP contribution in [-0.4, -0.2) is 32.3 Å². The second-order valence-electron chi connectivity index (χ2n) is 5.85. The molecule has 25 heavy (non-hydrogen) atoms. The first-order valence-corrected chi connectivity index (χ1v) is 8.28. The zero-order chi connectivity index (χ0) is 18.2. The third kappa shape index (κ3) is 5.71. The van der Waals surface area contributed by atoms with Gasteiger partial charge in [0.05, 0.1) is 13.7 Å². The molecule has 5 nitrogen and oxygen atoms in total. The van der Waals surface area contributed by atoms with E-state index in [2.05, 4.69) is 5.32 Å². The molecule has 5 heteroatoms. The number of rotatable bonds is 8. The summed E-state index contributed by atoms with van der Waals surface area (Å²) < 4.78 is 16.5. The van der Waals surface area contributed by atoms with Crippen LogP contribution in [0.25, 0.3) is 0 Å². The van der Waals surface area contributed by atoms with Gasteiger partial charge in [-0.1, -0.05) is 18.2 Å². The predicted molar refractivity (Wildman–Crippen MR) is 97.5 cm³/mol. The highest BCUT2D eigenvalue weighted by molar-refractivity contribution is 5.80. The molecule has 2 aromatic rings. The average molecular weight is 343 g/mol. The van der Waals surface area contributed by atoms with E-state index in [4.69, 9.17) is 14.2 Å². The molecule has 1 N–H and O–H groups in total. The topological polar surface area (TPSA) is 56.8 Å². The van der Waals surface area contributed by atoms with Gasteiger partial charge in [0.15, 0.2) is 6.10 Å². The van der Waals surface area contributed by atoms with E-state index >= 15 is 0 Å². The van der Waals surface area contributed by atoms with Crippen molar-refractivity contribution in [2.45, 2.75) is 26.9 Å². The van der Waals surface area contributed by atoms with E-state index in [1.165, 1.54) is 0 Å². The Morgan fingerprint density at radius 2 is 1.88 bits per heavy atom. The molecule has 0 aliphatic heterocycles. The largest absolute Gasteiger partial charge is 0.497 e. The van der Waals surface area contributed by atoms with E-state index in [1.54, 1.807) is 20.1 Å². The summed E-state index contributed by atoms with van der Waals surface area (Å²) in [5.74, 6) is 2.00. The third-order valence-electron chi connectivity index (χ3n) is 3.73. The fourth-order valence-corrected chi connectivity index (χ4v) is 2.26. The van der Waals surface area contributed by atoms with Crippen LogP contribution in [0.5, 0.6) is 17.2 Å². The van der Waals surface area contributed by atoms with Crippen LogP contribution < -0.4 is 19.5 Å². The quantitative estimate of drug-likeness (QED) is 0.748. The van der Waals surface area contributed by atoms with Crippen LogP contribution in [0, 0.1) is 13.8 Å². The molecule has 0 saturated heterocycles. The summed E-state index contributed by atoms with van der Waals surface area (Å²) in [4.78, 5) is 12.1. The minimum atomic E-state index is -0.572. The molecular formula is C20H25NO4. The van der Waals surface area contributed by atoms with Gasteiger partial charge in [-0.2, -0.15) is 0 Å². The highest BCUT2D eigenvalue weighted by Gasteiger charge is 2.15. The SMILES string of the molecule is COc1cccc(OCCNC(=O)C(C)Oc2cc(C)ccc2C)c1. The molecule has 0 heterocycles. The molecule has 1 atom stereocenters. The van der Waals surface area contributed by atoms with Crippen molar-refractivity contribution in [3.05, 3.63) is 53.6 Å². The Hall–Kier alpha value is -2.69. The number of carbonyl (C=O) groups is 1. The predicted octanol–water partition coefficient (Wildman–Crippen LogP) is 3.27. The van der Waals surface area contributed by atoms with Crippen LogP contribution in [0.2, 0.25) is 0 Å². The molecule has 1 amide bonds. The lowest BCUT2D eigenvalue weighted by atomic mass is 10.1. The first kappa shape index (κ1) is 18.6. The lowest BCUT2D eigenvalue weighted by Crippen LogP contribution is -2.38. The molecule has 2 rings (SSSR count). The zero-order valence-electron chi connectivity index (χ0n) is 15.2. The van der Waals surface area contributed by atoms with E-state index < -0.39 is 6.10 Å². The fourth-order valence-electron chi connectivity index (χ4n) is 2.26. The third-order valence-corrected chi connectivity index (χ3v) is 3.73. The first-order chi connectivity index (χ1) is 12.0. The highest BCUT2D eigenvalue weighted by Crippen LogP contribution is 2.20. The Balaban J connectivity index is 1.76. The van der Waals surface area contributed by atoms with E-state index in [0.29, 0.717) is 18.9 Å². The molecule has 0 aliphatic rings. The van der Waals surface area contributed by atoms with Crippen LogP contribution in [0.3, 0.4) is 0 Å². The first-order valence-electron chi connectivity index (χ1n) is 8.28. The monoisotopic (exact) mass is 343 g/mol. The Bertz CT molecular complexity index is 715. The minimum absolute atomic E-state index is 0.171. The van der Waals surface area contributed by atoms with Crippen molar-refractivity contribution in [3.8, 4) is 17.2 Å². The normalized spacial score (nSPS) is 11.5. The van der Waals surface area contributed by atoms with E-state index in [-0.39, 0.29) is 5.91 Å². The summed E-state index contributed by atoms with van der Waals surface area (Å²) in [6.07, 6.45) is -0.572. The van der Waals surface area contributed by atoms with Crippen molar-refractivity contribution in [2.24, 2.45) is 0 Å². The molecule has 0 radical (unpaired) electrons. The van der Waals surface area contributed by atoms with Crippen molar-refractivity contribution in [2.75, 3.05) is 20.3 Å². The van der Waals surface area contributed by atoms with E-state index in [0.717, 1.165) is 22.6 Å². The minimum Gasteiger partial charge on any atom is -0.497 e. The molecule has 0 aliphatic carbocycles. The maximum Gasteiger partial charge on any atom is 0.260 e. The Labute approximate surface area is 148 Å². The summed E-state index contributed by atoms with van der Waals surface area (Å²) in [5.41, 5.74) is 2.10. The molecule has 0 bridgehead atoms. The van der Waals surface area contributed by atoms with Gasteiger partial charge in [0.1, 0.15) is 23.9 Å². The van der Waals surface area contributed by atoms with Crippen molar-refractivity contribution in [1.82, 2.24) is 5.32 Å². The number of nitrogens with one attached hydrogen (secondary N) is 1. The molecule has 0 saturated carbocycles. The van der Waals surface area contributed by atoms with Crippen molar-refractivity contribution in [3.63, 3.8) is 0 Å². The summed E-state index contributed by atoms with van der Waals surface area (Å²) in [6.45, 7) is 6.46. The number of ether oxygens (including phenoxy) is 3. The molecule has 2 aromatic carbocycles. The van der Waals surface area contributed by atoms with E-state index in [1.807, 2.05) is 50.2 Å². The average Bonchev–Trinajstić information content (AvgIpc) is 2.61. The van der Waals surface area contributed by atoms with Gasteiger partial charge in [-0.05, 0) is 50.1 Å². The summed E-state index contributed by atoms with van der Waals surface area (Å²) in [7, 11) is 1.61. The van der Waals surface area contributed by atoms with Gasteiger partial charge < -0.3 is 19.5 Å². The van der Waals surface area contributed by atoms with Gasteiger partial charge in [-0.15, -0.1) is 0 Å². The van der Waals surface area contributed by atoms with Crippen LogP contribution in [0.15, 0.2) is 42.5 Å². The highest BCUT2D eigenvalue weighted by atomic mass is 16.5. The fraction of sp³-hybridized carbons (Fsp3) is 0.350. The van der Waals surface area contributed by atoms with Crippen LogP contribution in [-0.2, 0) is 4.79 Å². The smallest absolute Gasteiger partial charge is 0.260 e. The number of amides is 1. The molecule has 134 valence electrons. The lowest BCUT2D eigenvalue weighted by Gasteiger charge is -2.17. The number of carbonyl (C=O) groups excluding carboxylic acids is 1. The lowest BCUT2D eigenvalue weighted by molar-refractivity contribution is -0.127. The van der Waals surface area contributed by atoms with Gasteiger partial charge in [-0.3, -0.25) is 4.79 Å². The zero-order valence-corrected chi connectivity index (χ0v) is 15.2.